The number of hydrogen-bond acceptors (Lipinski definition) is 1. The van der Waals surface area contributed by atoms with E-state index in [1.54, 1.807) is 19.2 Å². The third kappa shape index (κ3) is 3.37. The highest BCUT2D eigenvalue weighted by Crippen LogP contribution is 2.29. The van der Waals surface area contributed by atoms with Crippen molar-refractivity contribution in [2.75, 3.05) is 7.05 Å². The summed E-state index contributed by atoms with van der Waals surface area (Å²) < 4.78 is 27.8. The average Bonchev–Trinajstić information content (AvgIpc) is 2.41. The minimum atomic E-state index is -0.834. The lowest BCUT2D eigenvalue weighted by Gasteiger charge is -2.19. The molecule has 0 amide bonds. The maximum Gasteiger partial charge on any atom is 0.162 e. The second-order valence-electron chi connectivity index (χ2n) is 4.42. The quantitative estimate of drug-likeness (QED) is 0.819. The van der Waals surface area contributed by atoms with Crippen molar-refractivity contribution in [2.24, 2.45) is 0 Å². The van der Waals surface area contributed by atoms with Crippen LogP contribution >= 0.6 is 27.5 Å². The molecule has 0 fully saturated rings. The van der Waals surface area contributed by atoms with Crippen LogP contribution in [0.2, 0.25) is 5.02 Å². The Balaban J connectivity index is 2.31. The molecule has 0 heterocycles. The summed E-state index contributed by atoms with van der Waals surface area (Å²) in [4.78, 5) is 0. The van der Waals surface area contributed by atoms with Crippen molar-refractivity contribution in [1.82, 2.24) is 5.32 Å². The predicted molar refractivity (Wildman–Crippen MR) is 81.0 cm³/mol. The van der Waals surface area contributed by atoms with Gasteiger partial charge in [-0.1, -0.05) is 45.7 Å². The molecule has 1 atom stereocenters. The normalized spacial score (nSPS) is 12.4. The first-order chi connectivity index (χ1) is 9.52. The summed E-state index contributed by atoms with van der Waals surface area (Å²) in [5.74, 6) is -1.64. The molecule has 0 aromatic heterocycles. The molecular formula is C15H13BrClF2N. The Kier molecular flexibility index (Phi) is 5.13. The number of nitrogens with one attached hydrogen (secondary N) is 1. The van der Waals surface area contributed by atoms with E-state index in [1.807, 2.05) is 12.1 Å². The Morgan fingerprint density at radius 3 is 2.65 bits per heavy atom. The Bertz CT molecular complexity index is 619. The second kappa shape index (κ2) is 6.66. The lowest BCUT2D eigenvalue weighted by Crippen LogP contribution is -2.20. The van der Waals surface area contributed by atoms with Crippen LogP contribution in [0.3, 0.4) is 0 Å². The summed E-state index contributed by atoms with van der Waals surface area (Å²) >= 11 is 9.54. The molecule has 0 bridgehead atoms. The highest BCUT2D eigenvalue weighted by Gasteiger charge is 2.17. The number of benzene rings is 2. The lowest BCUT2D eigenvalue weighted by atomic mass is 9.98. The largest absolute Gasteiger partial charge is 0.313 e. The molecule has 1 nitrogen and oxygen atoms in total. The highest BCUT2D eigenvalue weighted by atomic mass is 79.9. The summed E-state index contributed by atoms with van der Waals surface area (Å²) in [6.07, 6.45) is 0.321. The molecule has 0 saturated carbocycles. The van der Waals surface area contributed by atoms with E-state index in [9.17, 15) is 8.78 Å². The maximum atomic E-state index is 13.7. The van der Waals surface area contributed by atoms with E-state index in [4.69, 9.17) is 11.6 Å². The van der Waals surface area contributed by atoms with Crippen LogP contribution in [0.5, 0.6) is 0 Å². The molecule has 20 heavy (non-hydrogen) atoms. The van der Waals surface area contributed by atoms with Crippen LogP contribution in [0.4, 0.5) is 8.78 Å². The number of rotatable bonds is 4. The van der Waals surface area contributed by atoms with Crippen molar-refractivity contribution in [3.8, 4) is 0 Å². The standard InChI is InChI=1S/C15H13BrClF2N/c1-20-14(11-6-5-10(16)8-12(11)17)7-9-3-2-4-13(18)15(9)19/h2-6,8,14,20H,7H2,1H3. The van der Waals surface area contributed by atoms with Gasteiger partial charge >= 0.3 is 0 Å². The summed E-state index contributed by atoms with van der Waals surface area (Å²) in [5, 5.41) is 3.66. The Labute approximate surface area is 130 Å². The van der Waals surface area contributed by atoms with Gasteiger partial charge in [-0.25, -0.2) is 8.78 Å². The minimum absolute atomic E-state index is 0.188. The Morgan fingerprint density at radius 1 is 1.25 bits per heavy atom. The number of halogens is 4. The Morgan fingerprint density at radius 2 is 2.00 bits per heavy atom. The fourth-order valence-corrected chi connectivity index (χ4v) is 2.88. The highest BCUT2D eigenvalue weighted by molar-refractivity contribution is 9.10. The van der Waals surface area contributed by atoms with Crippen molar-refractivity contribution in [3.05, 3.63) is 68.7 Å². The number of hydrogen-bond donors (Lipinski definition) is 1. The molecule has 2 rings (SSSR count). The first-order valence-electron chi connectivity index (χ1n) is 6.08. The molecule has 1 N–H and O–H groups in total. The molecule has 2 aromatic carbocycles. The topological polar surface area (TPSA) is 12.0 Å². The van der Waals surface area contributed by atoms with Crippen molar-refractivity contribution >= 4 is 27.5 Å². The summed E-state index contributed by atoms with van der Waals surface area (Å²) in [6, 6.07) is 9.52. The average molecular weight is 361 g/mol. The molecule has 2 aromatic rings. The van der Waals surface area contributed by atoms with Gasteiger partial charge in [-0.05, 0) is 42.8 Å². The first-order valence-corrected chi connectivity index (χ1v) is 7.25. The van der Waals surface area contributed by atoms with Crippen LogP contribution in [0, 0.1) is 11.6 Å². The van der Waals surface area contributed by atoms with Gasteiger partial charge in [-0.3, -0.25) is 0 Å². The molecule has 1 unspecified atom stereocenters. The maximum absolute atomic E-state index is 13.7. The summed E-state index contributed by atoms with van der Waals surface area (Å²) in [7, 11) is 1.76. The molecule has 0 saturated heterocycles. The molecular weight excluding hydrogens is 348 g/mol. The van der Waals surface area contributed by atoms with Gasteiger partial charge in [0.05, 0.1) is 0 Å². The lowest BCUT2D eigenvalue weighted by molar-refractivity contribution is 0.487. The van der Waals surface area contributed by atoms with Crippen molar-refractivity contribution < 1.29 is 8.78 Å². The summed E-state index contributed by atoms with van der Waals surface area (Å²) in [5.41, 5.74) is 1.17. The van der Waals surface area contributed by atoms with Crippen LogP contribution in [0.1, 0.15) is 17.2 Å². The van der Waals surface area contributed by atoms with E-state index in [-0.39, 0.29) is 6.04 Å². The van der Waals surface area contributed by atoms with E-state index >= 15 is 0 Å². The van der Waals surface area contributed by atoms with Gasteiger partial charge in [0.1, 0.15) is 0 Å². The van der Waals surface area contributed by atoms with E-state index in [2.05, 4.69) is 21.2 Å². The molecule has 0 aliphatic heterocycles. The van der Waals surface area contributed by atoms with Crippen molar-refractivity contribution in [1.29, 1.82) is 0 Å². The van der Waals surface area contributed by atoms with Gasteiger partial charge < -0.3 is 5.32 Å². The molecule has 0 aliphatic rings. The van der Waals surface area contributed by atoms with Gasteiger partial charge in [0.25, 0.3) is 0 Å². The molecule has 106 valence electrons. The van der Waals surface area contributed by atoms with Gasteiger partial charge in [-0.2, -0.15) is 0 Å². The third-order valence-corrected chi connectivity index (χ3v) is 3.96. The molecule has 0 spiro atoms. The van der Waals surface area contributed by atoms with Crippen LogP contribution in [-0.2, 0) is 6.42 Å². The fourth-order valence-electron chi connectivity index (χ4n) is 2.08. The first kappa shape index (κ1) is 15.4. The van der Waals surface area contributed by atoms with Gasteiger partial charge in [0, 0.05) is 15.5 Å². The van der Waals surface area contributed by atoms with Gasteiger partial charge in [0.15, 0.2) is 11.6 Å². The molecule has 0 radical (unpaired) electrons. The predicted octanol–water partition coefficient (Wildman–Crippen LogP) is 4.88. The fraction of sp³-hybridized carbons (Fsp3) is 0.200. The van der Waals surface area contributed by atoms with Crippen molar-refractivity contribution in [3.63, 3.8) is 0 Å². The van der Waals surface area contributed by atoms with Gasteiger partial charge in [-0.15, -0.1) is 0 Å². The van der Waals surface area contributed by atoms with Crippen molar-refractivity contribution in [2.45, 2.75) is 12.5 Å². The monoisotopic (exact) mass is 359 g/mol. The SMILES string of the molecule is CNC(Cc1cccc(F)c1F)c1ccc(Br)cc1Cl. The third-order valence-electron chi connectivity index (χ3n) is 3.14. The zero-order valence-corrected chi connectivity index (χ0v) is 13.1. The van der Waals surface area contributed by atoms with E-state index in [0.29, 0.717) is 17.0 Å². The van der Waals surface area contributed by atoms with E-state index < -0.39 is 11.6 Å². The van der Waals surface area contributed by atoms with E-state index in [1.165, 1.54) is 6.07 Å². The van der Waals surface area contributed by atoms with Crippen LogP contribution < -0.4 is 5.32 Å². The summed E-state index contributed by atoms with van der Waals surface area (Å²) in [6.45, 7) is 0. The van der Waals surface area contributed by atoms with Crippen LogP contribution in [0.25, 0.3) is 0 Å². The minimum Gasteiger partial charge on any atom is -0.313 e. The van der Waals surface area contributed by atoms with Crippen LogP contribution in [-0.4, -0.2) is 7.05 Å². The van der Waals surface area contributed by atoms with E-state index in [0.717, 1.165) is 16.1 Å². The zero-order valence-electron chi connectivity index (χ0n) is 10.8. The van der Waals surface area contributed by atoms with Crippen LogP contribution in [0.15, 0.2) is 40.9 Å². The Hall–Kier alpha value is -0.970. The second-order valence-corrected chi connectivity index (χ2v) is 5.75. The number of likely N-dealkylation sites (N-methyl/N-ethyl adjacent to an activating group) is 1. The van der Waals surface area contributed by atoms with Gasteiger partial charge in [0.2, 0.25) is 0 Å². The molecule has 0 aliphatic carbocycles. The molecule has 5 heteroatoms. The zero-order chi connectivity index (χ0) is 14.7. The smallest absolute Gasteiger partial charge is 0.162 e.